The fourth-order valence-corrected chi connectivity index (χ4v) is 3.28. The maximum absolute atomic E-state index is 12.5. The second-order valence-electron chi connectivity index (χ2n) is 6.62. The lowest BCUT2D eigenvalue weighted by Gasteiger charge is -2.21. The summed E-state index contributed by atoms with van der Waals surface area (Å²) in [4.78, 5) is 25.2. The van der Waals surface area contributed by atoms with Gasteiger partial charge in [-0.05, 0) is 48.6 Å². The molecule has 2 aromatic carbocycles. The van der Waals surface area contributed by atoms with Crippen LogP contribution in [0.1, 0.15) is 29.5 Å². The summed E-state index contributed by atoms with van der Waals surface area (Å²) in [5, 5.41) is 9.23. The molecule has 1 fully saturated rings. The first-order chi connectivity index (χ1) is 12.5. The Kier molecular flexibility index (Phi) is 5.56. The molecular weight excluding hydrogens is 330 g/mol. The van der Waals surface area contributed by atoms with Gasteiger partial charge < -0.3 is 14.7 Å². The zero-order valence-corrected chi connectivity index (χ0v) is 14.9. The smallest absolute Gasteiger partial charge is 0.326 e. The minimum absolute atomic E-state index is 0.147. The van der Waals surface area contributed by atoms with Crippen LogP contribution < -0.4 is 4.74 Å². The highest BCUT2D eigenvalue weighted by Crippen LogP contribution is 2.21. The van der Waals surface area contributed by atoms with Gasteiger partial charge in [0.05, 0.1) is 6.42 Å². The van der Waals surface area contributed by atoms with Gasteiger partial charge in [-0.3, -0.25) is 4.79 Å². The molecular formula is C21H23NO4. The quantitative estimate of drug-likeness (QED) is 0.866. The molecule has 5 nitrogen and oxygen atoms in total. The van der Waals surface area contributed by atoms with E-state index < -0.39 is 12.0 Å². The van der Waals surface area contributed by atoms with Crippen molar-refractivity contribution in [3.63, 3.8) is 0 Å². The van der Waals surface area contributed by atoms with Crippen LogP contribution in [-0.2, 0) is 22.6 Å². The van der Waals surface area contributed by atoms with Crippen molar-refractivity contribution in [2.75, 3.05) is 6.54 Å². The van der Waals surface area contributed by atoms with E-state index in [4.69, 9.17) is 4.74 Å². The van der Waals surface area contributed by atoms with Gasteiger partial charge in [0.2, 0.25) is 5.91 Å². The van der Waals surface area contributed by atoms with Gasteiger partial charge in [0.1, 0.15) is 18.4 Å². The molecule has 0 aromatic heterocycles. The first-order valence-corrected chi connectivity index (χ1v) is 8.83. The number of carbonyl (C=O) groups is 2. The molecule has 0 unspecified atom stereocenters. The molecule has 1 N–H and O–H groups in total. The Morgan fingerprint density at radius 1 is 1.19 bits per heavy atom. The minimum Gasteiger partial charge on any atom is -0.489 e. The average Bonchev–Trinajstić information content (AvgIpc) is 3.12. The maximum atomic E-state index is 12.5. The number of carbonyl (C=O) groups excluding carboxylic acids is 1. The van der Waals surface area contributed by atoms with E-state index in [1.165, 1.54) is 10.5 Å². The number of hydrogen-bond donors (Lipinski definition) is 1. The third kappa shape index (κ3) is 4.23. The number of nitrogens with zero attached hydrogens (tertiary/aromatic N) is 1. The normalized spacial score (nSPS) is 16.5. The van der Waals surface area contributed by atoms with Crippen LogP contribution in [0.5, 0.6) is 5.75 Å². The third-order valence-corrected chi connectivity index (χ3v) is 4.77. The molecule has 1 aliphatic heterocycles. The van der Waals surface area contributed by atoms with Crippen LogP contribution in [0.4, 0.5) is 0 Å². The van der Waals surface area contributed by atoms with Crippen molar-refractivity contribution in [2.45, 2.75) is 38.8 Å². The van der Waals surface area contributed by atoms with Crippen molar-refractivity contribution in [1.29, 1.82) is 0 Å². The molecule has 0 saturated carbocycles. The summed E-state index contributed by atoms with van der Waals surface area (Å²) in [6.07, 6.45) is 1.45. The van der Waals surface area contributed by atoms with E-state index in [1.54, 1.807) is 0 Å². The lowest BCUT2D eigenvalue weighted by atomic mass is 10.1. The Morgan fingerprint density at radius 3 is 2.77 bits per heavy atom. The topological polar surface area (TPSA) is 66.8 Å². The van der Waals surface area contributed by atoms with E-state index in [0.29, 0.717) is 25.3 Å². The van der Waals surface area contributed by atoms with Crippen LogP contribution in [0.2, 0.25) is 0 Å². The van der Waals surface area contributed by atoms with Crippen molar-refractivity contribution in [2.24, 2.45) is 0 Å². The van der Waals surface area contributed by atoms with Gasteiger partial charge in [-0.25, -0.2) is 4.79 Å². The van der Waals surface area contributed by atoms with Gasteiger partial charge >= 0.3 is 5.97 Å². The number of aryl methyl sites for hydroxylation is 1. The van der Waals surface area contributed by atoms with E-state index in [-0.39, 0.29) is 12.3 Å². The number of likely N-dealkylation sites (tertiary alicyclic amines) is 1. The lowest BCUT2D eigenvalue weighted by molar-refractivity contribution is -0.148. The Balaban J connectivity index is 1.63. The highest BCUT2D eigenvalue weighted by molar-refractivity contribution is 5.85. The molecule has 26 heavy (non-hydrogen) atoms. The minimum atomic E-state index is -0.925. The first kappa shape index (κ1) is 18.0. The summed E-state index contributed by atoms with van der Waals surface area (Å²) in [5.74, 6) is -0.369. The number of carboxylic acids is 1. The molecule has 3 rings (SSSR count). The van der Waals surface area contributed by atoms with E-state index in [0.717, 1.165) is 17.5 Å². The van der Waals surface area contributed by atoms with Crippen molar-refractivity contribution in [3.8, 4) is 5.75 Å². The summed E-state index contributed by atoms with van der Waals surface area (Å²) >= 11 is 0. The molecule has 0 radical (unpaired) electrons. The molecule has 1 amide bonds. The number of rotatable bonds is 6. The van der Waals surface area contributed by atoms with E-state index in [9.17, 15) is 14.7 Å². The van der Waals surface area contributed by atoms with Crippen molar-refractivity contribution >= 4 is 11.9 Å². The fourth-order valence-electron chi connectivity index (χ4n) is 3.28. The van der Waals surface area contributed by atoms with E-state index >= 15 is 0 Å². The number of amides is 1. The lowest BCUT2D eigenvalue weighted by Crippen LogP contribution is -2.41. The van der Waals surface area contributed by atoms with E-state index in [1.807, 2.05) is 55.5 Å². The Bertz CT molecular complexity index is 802. The predicted molar refractivity (Wildman–Crippen MR) is 98.0 cm³/mol. The van der Waals surface area contributed by atoms with Gasteiger partial charge in [-0.15, -0.1) is 0 Å². The third-order valence-electron chi connectivity index (χ3n) is 4.77. The van der Waals surface area contributed by atoms with Gasteiger partial charge in [0, 0.05) is 6.54 Å². The van der Waals surface area contributed by atoms with Crippen LogP contribution in [0.25, 0.3) is 0 Å². The molecule has 1 atom stereocenters. The largest absolute Gasteiger partial charge is 0.489 e. The van der Waals surface area contributed by atoms with Gasteiger partial charge in [-0.1, -0.05) is 36.4 Å². The fraction of sp³-hybridized carbons (Fsp3) is 0.333. The van der Waals surface area contributed by atoms with Crippen molar-refractivity contribution in [1.82, 2.24) is 4.90 Å². The Hall–Kier alpha value is -2.82. The second-order valence-corrected chi connectivity index (χ2v) is 6.62. The zero-order chi connectivity index (χ0) is 18.5. The highest BCUT2D eigenvalue weighted by atomic mass is 16.5. The van der Waals surface area contributed by atoms with E-state index in [2.05, 4.69) is 0 Å². The SMILES string of the molecule is Cc1ccccc1COc1cccc(CC(=O)N2CCC[C@H]2C(=O)O)c1. The number of aliphatic carboxylic acids is 1. The molecule has 0 aliphatic carbocycles. The molecule has 136 valence electrons. The number of ether oxygens (including phenoxy) is 1. The summed E-state index contributed by atoms with van der Waals surface area (Å²) in [6.45, 7) is 3.03. The van der Waals surface area contributed by atoms with Gasteiger partial charge in [0.25, 0.3) is 0 Å². The molecule has 0 spiro atoms. The Labute approximate surface area is 153 Å². The monoisotopic (exact) mass is 353 g/mol. The zero-order valence-electron chi connectivity index (χ0n) is 14.9. The maximum Gasteiger partial charge on any atom is 0.326 e. The predicted octanol–water partition coefficient (Wildman–Crippen LogP) is 3.19. The summed E-state index contributed by atoms with van der Waals surface area (Å²) < 4.78 is 5.86. The summed E-state index contributed by atoms with van der Waals surface area (Å²) in [6, 6.07) is 14.8. The molecule has 2 aromatic rings. The molecule has 0 bridgehead atoms. The van der Waals surface area contributed by atoms with Crippen LogP contribution >= 0.6 is 0 Å². The van der Waals surface area contributed by atoms with Gasteiger partial charge in [0.15, 0.2) is 0 Å². The van der Waals surface area contributed by atoms with Crippen LogP contribution in [-0.4, -0.2) is 34.5 Å². The van der Waals surface area contributed by atoms with Crippen LogP contribution in [0.3, 0.4) is 0 Å². The van der Waals surface area contributed by atoms with Crippen molar-refractivity contribution in [3.05, 3.63) is 65.2 Å². The summed E-state index contributed by atoms with van der Waals surface area (Å²) in [7, 11) is 0. The molecule has 5 heteroatoms. The summed E-state index contributed by atoms with van der Waals surface area (Å²) in [5.41, 5.74) is 3.12. The number of hydrogen-bond acceptors (Lipinski definition) is 3. The first-order valence-electron chi connectivity index (χ1n) is 8.83. The molecule has 1 aliphatic rings. The van der Waals surface area contributed by atoms with Crippen LogP contribution in [0.15, 0.2) is 48.5 Å². The number of carboxylic acid groups (broad SMARTS) is 1. The molecule has 1 saturated heterocycles. The standard InChI is InChI=1S/C21H23NO4/c1-15-6-2-3-8-17(15)14-26-18-9-4-7-16(12-18)13-20(23)22-11-5-10-19(22)21(24)25/h2-4,6-9,12,19H,5,10-11,13-14H2,1H3,(H,24,25)/t19-/m0/s1. The highest BCUT2D eigenvalue weighted by Gasteiger charge is 2.33. The van der Waals surface area contributed by atoms with Crippen molar-refractivity contribution < 1.29 is 19.4 Å². The second kappa shape index (κ2) is 8.04. The van der Waals surface area contributed by atoms with Crippen LogP contribution in [0, 0.1) is 6.92 Å². The average molecular weight is 353 g/mol. The molecule has 1 heterocycles. The Morgan fingerprint density at radius 2 is 2.00 bits per heavy atom. The van der Waals surface area contributed by atoms with Gasteiger partial charge in [-0.2, -0.15) is 0 Å². The number of benzene rings is 2.